The summed E-state index contributed by atoms with van der Waals surface area (Å²) in [5.74, 6) is 1.63. The number of hydrogen-bond donors (Lipinski definition) is 1. The van der Waals surface area contributed by atoms with Crippen LogP contribution in [0, 0.1) is 5.92 Å². The van der Waals surface area contributed by atoms with Crippen molar-refractivity contribution in [3.8, 4) is 0 Å². The van der Waals surface area contributed by atoms with E-state index < -0.39 is 11.2 Å². The van der Waals surface area contributed by atoms with Crippen molar-refractivity contribution >= 4 is 28.7 Å². The van der Waals surface area contributed by atoms with Crippen LogP contribution < -0.4 is 10.2 Å². The highest BCUT2D eigenvalue weighted by Gasteiger charge is 2.31. The average Bonchev–Trinajstić information content (AvgIpc) is 2.57. The maximum Gasteiger partial charge on any atom is 0.251 e. The number of carbonyl (C=O) groups is 2. The maximum absolute atomic E-state index is 12.6. The molecule has 0 aromatic heterocycles. The molecule has 2 aliphatic rings. The number of anilines is 1. The molecule has 2 heterocycles. The predicted octanol–water partition coefficient (Wildman–Crippen LogP) is 2.26. The molecule has 3 rings (SSSR count). The summed E-state index contributed by atoms with van der Waals surface area (Å²) in [4.78, 5) is 26.5. The molecule has 1 saturated heterocycles. The molecule has 1 aromatic rings. The maximum atomic E-state index is 12.6. The Labute approximate surface area is 152 Å². The molecule has 0 spiro atoms. The molecule has 2 aliphatic heterocycles. The molecular weight excluding hydrogens is 336 g/mol. The zero-order chi connectivity index (χ0) is 18.1. The molecule has 6 heteroatoms. The second-order valence-electron chi connectivity index (χ2n) is 7.25. The fraction of sp³-hybridized carbons (Fsp3) is 0.579. The van der Waals surface area contributed by atoms with Crippen LogP contribution in [-0.4, -0.2) is 40.0 Å². The summed E-state index contributed by atoms with van der Waals surface area (Å²) in [5.41, 5.74) is 2.61. The van der Waals surface area contributed by atoms with Crippen molar-refractivity contribution in [1.82, 2.24) is 5.32 Å². The quantitative estimate of drug-likeness (QED) is 0.820. The SMILES string of the molecule is CC(=O)N1c2ccc(C(=O)NC3CC[S+]([O-])CC3)cc2CC(C)[C@@H]1C. The molecule has 0 aliphatic carbocycles. The topological polar surface area (TPSA) is 72.5 Å². The minimum Gasteiger partial charge on any atom is -0.616 e. The highest BCUT2D eigenvalue weighted by molar-refractivity contribution is 7.91. The van der Waals surface area contributed by atoms with Crippen LogP contribution in [0.5, 0.6) is 0 Å². The van der Waals surface area contributed by atoms with Gasteiger partial charge in [-0.3, -0.25) is 9.59 Å². The molecule has 0 radical (unpaired) electrons. The summed E-state index contributed by atoms with van der Waals surface area (Å²) < 4.78 is 11.4. The van der Waals surface area contributed by atoms with Gasteiger partial charge in [0.05, 0.1) is 0 Å². The Hall–Kier alpha value is -1.53. The Balaban J connectivity index is 1.77. The van der Waals surface area contributed by atoms with Crippen LogP contribution in [-0.2, 0) is 22.4 Å². The van der Waals surface area contributed by atoms with Crippen LogP contribution in [0.3, 0.4) is 0 Å². The fourth-order valence-electron chi connectivity index (χ4n) is 3.78. The molecular formula is C19H26N2O3S. The molecule has 2 atom stereocenters. The lowest BCUT2D eigenvalue weighted by molar-refractivity contribution is -0.117. The third-order valence-electron chi connectivity index (χ3n) is 5.44. The molecule has 2 amide bonds. The van der Waals surface area contributed by atoms with Gasteiger partial charge >= 0.3 is 0 Å². The first kappa shape index (κ1) is 18.3. The van der Waals surface area contributed by atoms with Crippen molar-refractivity contribution in [3.63, 3.8) is 0 Å². The molecule has 1 fully saturated rings. The number of fused-ring (bicyclic) bond motifs is 1. The number of hydrogen-bond acceptors (Lipinski definition) is 3. The monoisotopic (exact) mass is 362 g/mol. The average molecular weight is 362 g/mol. The van der Waals surface area contributed by atoms with E-state index in [1.807, 2.05) is 17.0 Å². The van der Waals surface area contributed by atoms with Crippen molar-refractivity contribution in [2.75, 3.05) is 16.4 Å². The van der Waals surface area contributed by atoms with Crippen LogP contribution in [0.1, 0.15) is 49.5 Å². The Kier molecular flexibility index (Phi) is 5.39. The van der Waals surface area contributed by atoms with Crippen molar-refractivity contribution in [2.24, 2.45) is 5.92 Å². The van der Waals surface area contributed by atoms with Crippen LogP contribution in [0.15, 0.2) is 18.2 Å². The lowest BCUT2D eigenvalue weighted by atomic mass is 9.87. The van der Waals surface area contributed by atoms with E-state index in [1.165, 1.54) is 0 Å². The molecule has 5 nitrogen and oxygen atoms in total. The Bertz CT molecular complexity index is 671. The van der Waals surface area contributed by atoms with E-state index in [9.17, 15) is 14.1 Å². The largest absolute Gasteiger partial charge is 0.616 e. The number of nitrogens with one attached hydrogen (secondary N) is 1. The normalized spacial score (nSPS) is 29.0. The Morgan fingerprint density at radius 1 is 1.24 bits per heavy atom. The van der Waals surface area contributed by atoms with E-state index in [2.05, 4.69) is 19.2 Å². The molecule has 1 N–H and O–H groups in total. The van der Waals surface area contributed by atoms with E-state index >= 15 is 0 Å². The van der Waals surface area contributed by atoms with Crippen LogP contribution in [0.2, 0.25) is 0 Å². The zero-order valence-corrected chi connectivity index (χ0v) is 15.9. The van der Waals surface area contributed by atoms with Crippen molar-refractivity contribution < 1.29 is 14.1 Å². The van der Waals surface area contributed by atoms with E-state index in [1.54, 1.807) is 13.0 Å². The zero-order valence-electron chi connectivity index (χ0n) is 15.1. The van der Waals surface area contributed by atoms with Gasteiger partial charge in [0.2, 0.25) is 5.91 Å². The third-order valence-corrected chi connectivity index (χ3v) is 6.82. The summed E-state index contributed by atoms with van der Waals surface area (Å²) in [7, 11) is 0. The second kappa shape index (κ2) is 7.38. The van der Waals surface area contributed by atoms with E-state index in [0.717, 1.165) is 30.5 Å². The van der Waals surface area contributed by atoms with Crippen molar-refractivity contribution in [2.45, 2.75) is 52.1 Å². The lowest BCUT2D eigenvalue weighted by Crippen LogP contribution is -2.45. The summed E-state index contributed by atoms with van der Waals surface area (Å²) in [6.07, 6.45) is 2.41. The van der Waals surface area contributed by atoms with Gasteiger partial charge in [0, 0.05) is 43.1 Å². The minimum absolute atomic E-state index is 0.0349. The first-order valence-electron chi connectivity index (χ1n) is 8.95. The minimum atomic E-state index is -0.727. The van der Waals surface area contributed by atoms with Gasteiger partial charge in [-0.1, -0.05) is 18.1 Å². The van der Waals surface area contributed by atoms with Gasteiger partial charge in [-0.05, 0) is 43.0 Å². The van der Waals surface area contributed by atoms with Gasteiger partial charge in [0.1, 0.15) is 11.5 Å². The fourth-order valence-corrected chi connectivity index (χ4v) is 5.08. The molecule has 0 saturated carbocycles. The van der Waals surface area contributed by atoms with Gasteiger partial charge in [-0.15, -0.1) is 0 Å². The molecule has 0 bridgehead atoms. The van der Waals surface area contributed by atoms with Crippen LogP contribution >= 0.6 is 0 Å². The predicted molar refractivity (Wildman–Crippen MR) is 100 cm³/mol. The molecule has 136 valence electrons. The van der Waals surface area contributed by atoms with Gasteiger partial charge in [-0.25, -0.2) is 0 Å². The van der Waals surface area contributed by atoms with Crippen LogP contribution in [0.4, 0.5) is 5.69 Å². The van der Waals surface area contributed by atoms with Crippen LogP contribution in [0.25, 0.3) is 0 Å². The summed E-state index contributed by atoms with van der Waals surface area (Å²) >= 11 is -0.727. The van der Waals surface area contributed by atoms with Crippen molar-refractivity contribution in [3.05, 3.63) is 29.3 Å². The summed E-state index contributed by atoms with van der Waals surface area (Å²) in [6, 6.07) is 5.88. The first-order chi connectivity index (χ1) is 11.9. The second-order valence-corrected chi connectivity index (χ2v) is 8.95. The highest BCUT2D eigenvalue weighted by Crippen LogP contribution is 2.34. The van der Waals surface area contributed by atoms with Gasteiger partial charge in [0.25, 0.3) is 5.91 Å². The first-order valence-corrected chi connectivity index (χ1v) is 10.4. The van der Waals surface area contributed by atoms with E-state index in [-0.39, 0.29) is 23.9 Å². The lowest BCUT2D eigenvalue weighted by Gasteiger charge is -2.39. The van der Waals surface area contributed by atoms with E-state index in [0.29, 0.717) is 23.0 Å². The molecule has 1 aromatic carbocycles. The smallest absolute Gasteiger partial charge is 0.251 e. The number of rotatable bonds is 2. The number of amides is 2. The van der Waals surface area contributed by atoms with Gasteiger partial charge in [0.15, 0.2) is 0 Å². The van der Waals surface area contributed by atoms with Crippen molar-refractivity contribution in [1.29, 1.82) is 0 Å². The standard InChI is InChI=1S/C19H26N2O3S/c1-12-10-16-11-15(4-5-18(16)21(13(12)2)14(3)22)19(23)20-17-6-8-25(24)9-7-17/h4-5,11-13,17H,6-10H2,1-3H3,(H,20,23)/t12?,13-,17?,25?/m0/s1. The Morgan fingerprint density at radius 3 is 2.56 bits per heavy atom. The third kappa shape index (κ3) is 3.85. The number of nitrogens with zero attached hydrogens (tertiary/aromatic N) is 1. The number of benzene rings is 1. The highest BCUT2D eigenvalue weighted by atomic mass is 32.2. The van der Waals surface area contributed by atoms with Gasteiger partial charge < -0.3 is 14.8 Å². The summed E-state index contributed by atoms with van der Waals surface area (Å²) in [5, 5.41) is 3.06. The Morgan fingerprint density at radius 2 is 1.92 bits per heavy atom. The summed E-state index contributed by atoms with van der Waals surface area (Å²) in [6.45, 7) is 5.80. The van der Waals surface area contributed by atoms with E-state index in [4.69, 9.17) is 0 Å². The number of carbonyl (C=O) groups excluding carboxylic acids is 2. The van der Waals surface area contributed by atoms with Gasteiger partial charge in [-0.2, -0.15) is 0 Å². The molecule has 25 heavy (non-hydrogen) atoms. The molecule has 1 unspecified atom stereocenters.